The minimum atomic E-state index is -0.938. The third-order valence-electron chi connectivity index (χ3n) is 2.29. The van der Waals surface area contributed by atoms with E-state index in [2.05, 4.69) is 0 Å². The molecule has 0 aliphatic rings. The summed E-state index contributed by atoms with van der Waals surface area (Å²) in [4.78, 5) is 10.3. The molecule has 4 nitrogen and oxygen atoms in total. The van der Waals surface area contributed by atoms with Gasteiger partial charge in [0.15, 0.2) is 0 Å². The molecule has 0 aliphatic heterocycles. The van der Waals surface area contributed by atoms with Gasteiger partial charge in [-0.15, -0.1) is 0 Å². The molecular weight excluding hydrogens is 252 g/mol. The molecule has 5 heteroatoms. The van der Waals surface area contributed by atoms with Crippen LogP contribution < -0.4 is 4.74 Å². The van der Waals surface area contributed by atoms with Crippen molar-refractivity contribution in [3.05, 3.63) is 30.3 Å². The standard InChI is InChI=1S/C13H18O4S/c14-13(15)8-4-10-18(16)11-5-9-17-12-6-2-1-3-7-12/h1-3,6-7H,4-5,8-11H2,(H,14,15). The molecule has 0 fully saturated rings. The van der Waals surface area contributed by atoms with Crippen LogP contribution in [-0.4, -0.2) is 33.4 Å². The molecular formula is C13H18O4S. The van der Waals surface area contributed by atoms with Crippen LogP contribution in [0.3, 0.4) is 0 Å². The van der Waals surface area contributed by atoms with Gasteiger partial charge >= 0.3 is 5.97 Å². The second-order valence-electron chi connectivity index (χ2n) is 3.86. The second-order valence-corrected chi connectivity index (χ2v) is 5.56. The molecule has 0 radical (unpaired) electrons. The van der Waals surface area contributed by atoms with Crippen LogP contribution in [0.15, 0.2) is 30.3 Å². The predicted molar refractivity (Wildman–Crippen MR) is 71.3 cm³/mol. The quantitative estimate of drug-likeness (QED) is 0.698. The van der Waals surface area contributed by atoms with E-state index in [1.54, 1.807) is 0 Å². The zero-order chi connectivity index (χ0) is 13.2. The SMILES string of the molecule is O=C(O)CCCS(=O)CCCOc1ccccc1. The maximum atomic E-state index is 11.5. The number of carbonyl (C=O) groups is 1. The third kappa shape index (κ3) is 7.06. The maximum absolute atomic E-state index is 11.5. The van der Waals surface area contributed by atoms with Crippen LogP contribution in [0.2, 0.25) is 0 Å². The van der Waals surface area contributed by atoms with Gasteiger partial charge in [0, 0.05) is 28.7 Å². The average Bonchev–Trinajstić information content (AvgIpc) is 2.35. The highest BCUT2D eigenvalue weighted by atomic mass is 32.2. The van der Waals surface area contributed by atoms with Crippen molar-refractivity contribution in [2.24, 2.45) is 0 Å². The number of hydrogen-bond acceptors (Lipinski definition) is 3. The third-order valence-corrected chi connectivity index (χ3v) is 3.78. The Morgan fingerprint density at radius 3 is 2.50 bits per heavy atom. The van der Waals surface area contributed by atoms with Gasteiger partial charge in [0.05, 0.1) is 6.61 Å². The zero-order valence-electron chi connectivity index (χ0n) is 10.2. The van der Waals surface area contributed by atoms with Gasteiger partial charge in [0.2, 0.25) is 0 Å². The number of para-hydroxylation sites is 1. The summed E-state index contributed by atoms with van der Waals surface area (Å²) < 4.78 is 17.0. The van der Waals surface area contributed by atoms with Gasteiger partial charge in [-0.2, -0.15) is 0 Å². The van der Waals surface area contributed by atoms with E-state index in [9.17, 15) is 9.00 Å². The highest BCUT2D eigenvalue weighted by Gasteiger charge is 2.02. The van der Waals surface area contributed by atoms with Crippen molar-refractivity contribution < 1.29 is 18.8 Å². The Morgan fingerprint density at radius 2 is 1.83 bits per heavy atom. The molecule has 1 atom stereocenters. The molecule has 0 bridgehead atoms. The van der Waals surface area contributed by atoms with Gasteiger partial charge in [0.25, 0.3) is 0 Å². The minimum Gasteiger partial charge on any atom is -0.494 e. The van der Waals surface area contributed by atoms with Gasteiger partial charge in [-0.05, 0) is 25.0 Å². The number of carboxylic acid groups (broad SMARTS) is 1. The Labute approximate surface area is 109 Å². The van der Waals surface area contributed by atoms with Crippen molar-refractivity contribution in [2.45, 2.75) is 19.3 Å². The van der Waals surface area contributed by atoms with E-state index in [-0.39, 0.29) is 6.42 Å². The maximum Gasteiger partial charge on any atom is 0.303 e. The summed E-state index contributed by atoms with van der Waals surface area (Å²) in [6.45, 7) is 0.536. The number of benzene rings is 1. The van der Waals surface area contributed by atoms with Crippen molar-refractivity contribution in [2.75, 3.05) is 18.1 Å². The normalized spacial score (nSPS) is 12.0. The van der Waals surface area contributed by atoms with Gasteiger partial charge < -0.3 is 9.84 Å². The first-order chi connectivity index (χ1) is 8.68. The summed E-state index contributed by atoms with van der Waals surface area (Å²) in [6, 6.07) is 9.48. The van der Waals surface area contributed by atoms with Gasteiger partial charge in [0.1, 0.15) is 5.75 Å². The minimum absolute atomic E-state index is 0.0895. The fourth-order valence-corrected chi connectivity index (χ4v) is 2.52. The predicted octanol–water partition coefficient (Wildman–Crippen LogP) is 2.07. The first-order valence-electron chi connectivity index (χ1n) is 5.93. The van der Waals surface area contributed by atoms with E-state index in [1.807, 2.05) is 30.3 Å². The highest BCUT2D eigenvalue weighted by molar-refractivity contribution is 7.84. The lowest BCUT2D eigenvalue weighted by Crippen LogP contribution is -2.08. The molecule has 0 aromatic heterocycles. The van der Waals surface area contributed by atoms with Crippen molar-refractivity contribution in [1.29, 1.82) is 0 Å². The first kappa shape index (κ1) is 14.7. The van der Waals surface area contributed by atoms with Crippen LogP contribution in [0.25, 0.3) is 0 Å². The van der Waals surface area contributed by atoms with E-state index in [0.29, 0.717) is 31.0 Å². The average molecular weight is 270 g/mol. The first-order valence-corrected chi connectivity index (χ1v) is 7.42. The van der Waals surface area contributed by atoms with Crippen molar-refractivity contribution in [3.8, 4) is 5.75 Å². The number of ether oxygens (including phenoxy) is 1. The molecule has 0 saturated carbocycles. The molecule has 0 saturated heterocycles. The number of rotatable bonds is 9. The molecule has 1 rings (SSSR count). The lowest BCUT2D eigenvalue weighted by molar-refractivity contribution is -0.137. The summed E-state index contributed by atoms with van der Waals surface area (Å²) in [5, 5.41) is 8.45. The van der Waals surface area contributed by atoms with Crippen LogP contribution in [0, 0.1) is 0 Å². The molecule has 0 spiro atoms. The summed E-state index contributed by atoms with van der Waals surface area (Å²) in [5.74, 6) is 0.998. The van der Waals surface area contributed by atoms with Gasteiger partial charge in [-0.25, -0.2) is 0 Å². The van der Waals surface area contributed by atoms with E-state index < -0.39 is 16.8 Å². The van der Waals surface area contributed by atoms with Gasteiger partial charge in [-0.3, -0.25) is 9.00 Å². The molecule has 1 aromatic carbocycles. The van der Waals surface area contributed by atoms with Crippen LogP contribution in [0.5, 0.6) is 5.75 Å². The van der Waals surface area contributed by atoms with E-state index in [1.165, 1.54) is 0 Å². The molecule has 0 heterocycles. The Morgan fingerprint density at radius 1 is 1.17 bits per heavy atom. The van der Waals surface area contributed by atoms with Crippen LogP contribution >= 0.6 is 0 Å². The summed E-state index contributed by atoms with van der Waals surface area (Å²) >= 11 is 0. The number of carboxylic acids is 1. The Hall–Kier alpha value is -1.36. The van der Waals surface area contributed by atoms with Crippen LogP contribution in [0.1, 0.15) is 19.3 Å². The van der Waals surface area contributed by atoms with Crippen molar-refractivity contribution in [1.82, 2.24) is 0 Å². The van der Waals surface area contributed by atoms with E-state index in [0.717, 1.165) is 5.75 Å². The van der Waals surface area contributed by atoms with E-state index in [4.69, 9.17) is 9.84 Å². The highest BCUT2D eigenvalue weighted by Crippen LogP contribution is 2.08. The second kappa shape index (κ2) is 8.69. The van der Waals surface area contributed by atoms with Crippen molar-refractivity contribution >= 4 is 16.8 Å². The molecule has 0 amide bonds. The van der Waals surface area contributed by atoms with Crippen LogP contribution in [-0.2, 0) is 15.6 Å². The molecule has 1 aromatic rings. The molecule has 100 valence electrons. The number of hydrogen-bond donors (Lipinski definition) is 1. The Bertz CT molecular complexity index is 378. The smallest absolute Gasteiger partial charge is 0.303 e. The Balaban J connectivity index is 2.04. The monoisotopic (exact) mass is 270 g/mol. The Kier molecular flexibility index (Phi) is 7.10. The van der Waals surface area contributed by atoms with E-state index >= 15 is 0 Å². The molecule has 18 heavy (non-hydrogen) atoms. The lowest BCUT2D eigenvalue weighted by atomic mass is 10.3. The largest absolute Gasteiger partial charge is 0.494 e. The summed E-state index contributed by atoms with van der Waals surface area (Å²) in [6.07, 6.45) is 1.28. The molecule has 0 aliphatic carbocycles. The van der Waals surface area contributed by atoms with Crippen molar-refractivity contribution in [3.63, 3.8) is 0 Å². The fourth-order valence-electron chi connectivity index (χ4n) is 1.41. The molecule has 1 N–H and O–H groups in total. The number of aliphatic carboxylic acids is 1. The summed E-state index contributed by atoms with van der Waals surface area (Å²) in [7, 11) is -0.938. The molecule has 1 unspecified atom stereocenters. The zero-order valence-corrected chi connectivity index (χ0v) is 11.0. The fraction of sp³-hybridized carbons (Fsp3) is 0.462. The van der Waals surface area contributed by atoms with Gasteiger partial charge in [-0.1, -0.05) is 18.2 Å². The summed E-state index contributed by atoms with van der Waals surface area (Å²) in [5.41, 5.74) is 0. The van der Waals surface area contributed by atoms with Crippen LogP contribution in [0.4, 0.5) is 0 Å². The topological polar surface area (TPSA) is 63.6 Å². The lowest BCUT2D eigenvalue weighted by Gasteiger charge is -2.05.